The van der Waals surface area contributed by atoms with E-state index in [0.717, 1.165) is 26.1 Å². The first-order valence-corrected chi connectivity index (χ1v) is 8.70. The van der Waals surface area contributed by atoms with Crippen LogP contribution < -0.4 is 0 Å². The van der Waals surface area contributed by atoms with E-state index in [9.17, 15) is 9.90 Å². The molecule has 5 nitrogen and oxygen atoms in total. The van der Waals surface area contributed by atoms with Crippen molar-refractivity contribution in [2.45, 2.75) is 52.1 Å². The van der Waals surface area contributed by atoms with Gasteiger partial charge in [0.05, 0.1) is 0 Å². The van der Waals surface area contributed by atoms with E-state index in [0.29, 0.717) is 0 Å². The van der Waals surface area contributed by atoms with Crippen molar-refractivity contribution in [3.63, 3.8) is 0 Å². The van der Waals surface area contributed by atoms with E-state index in [1.807, 2.05) is 6.92 Å². The van der Waals surface area contributed by atoms with Crippen LogP contribution in [0.2, 0.25) is 0 Å². The molecule has 7 heteroatoms. The van der Waals surface area contributed by atoms with Crippen LogP contribution in [0, 0.1) is 12.8 Å². The molecule has 1 aliphatic rings. The van der Waals surface area contributed by atoms with Crippen LogP contribution in [0.4, 0.5) is 4.79 Å². The quantitative estimate of drug-likeness (QED) is 0.570. The highest BCUT2D eigenvalue weighted by atomic mass is 127. The van der Waals surface area contributed by atoms with Crippen LogP contribution in [0.1, 0.15) is 46.4 Å². The molecule has 1 saturated heterocycles. The van der Waals surface area contributed by atoms with Crippen molar-refractivity contribution >= 4 is 51.3 Å². The standard InChI is InChI=1S/C13H19I2N3O2/c1-7-5-6-13(12(2,3)4,18(7)11(19)20)10-16-8(14)9(15)17-10/h7H,5-6H2,1-4H3,(H,16,17)(H,19,20)/t7-,13+/m0/s1. The molecule has 0 aromatic carbocycles. The number of aromatic amines is 1. The van der Waals surface area contributed by atoms with Crippen molar-refractivity contribution < 1.29 is 9.90 Å². The minimum Gasteiger partial charge on any atom is -0.465 e. The van der Waals surface area contributed by atoms with Gasteiger partial charge in [-0.15, -0.1) is 0 Å². The number of likely N-dealkylation sites (tertiary alicyclic amines) is 1. The van der Waals surface area contributed by atoms with Gasteiger partial charge in [0.25, 0.3) is 0 Å². The lowest BCUT2D eigenvalue weighted by Gasteiger charge is -2.46. The molecule has 0 bridgehead atoms. The fraction of sp³-hybridized carbons (Fsp3) is 0.692. The van der Waals surface area contributed by atoms with E-state index in [4.69, 9.17) is 0 Å². The molecule has 2 atom stereocenters. The summed E-state index contributed by atoms with van der Waals surface area (Å²) in [7, 11) is 0. The maximum atomic E-state index is 11.8. The number of carbonyl (C=O) groups is 1. The summed E-state index contributed by atoms with van der Waals surface area (Å²) in [5, 5.41) is 9.70. The highest BCUT2D eigenvalue weighted by Crippen LogP contribution is 2.52. The van der Waals surface area contributed by atoms with E-state index in [-0.39, 0.29) is 11.5 Å². The summed E-state index contributed by atoms with van der Waals surface area (Å²) < 4.78 is 1.86. The maximum absolute atomic E-state index is 11.8. The Balaban J connectivity index is 2.66. The van der Waals surface area contributed by atoms with Crippen LogP contribution in [-0.2, 0) is 5.54 Å². The Bertz CT molecular complexity index is 519. The van der Waals surface area contributed by atoms with Crippen LogP contribution >= 0.6 is 45.2 Å². The molecule has 1 aromatic heterocycles. The number of H-pyrrole nitrogens is 1. The van der Waals surface area contributed by atoms with Gasteiger partial charge in [0.15, 0.2) is 0 Å². The first kappa shape index (κ1) is 16.3. The average molecular weight is 503 g/mol. The number of aromatic nitrogens is 2. The Morgan fingerprint density at radius 1 is 1.50 bits per heavy atom. The molecule has 1 fully saturated rings. The van der Waals surface area contributed by atoms with Crippen molar-refractivity contribution in [3.8, 4) is 0 Å². The van der Waals surface area contributed by atoms with Gasteiger partial charge in [0.2, 0.25) is 0 Å². The number of halogens is 2. The SMILES string of the molecule is C[C@H]1CC[C@@](c2nc(I)c(I)[nH]2)(C(C)(C)C)N1C(=O)O. The van der Waals surface area contributed by atoms with Gasteiger partial charge in [-0.25, -0.2) is 9.78 Å². The molecule has 0 aliphatic carbocycles. The van der Waals surface area contributed by atoms with Gasteiger partial charge in [0.1, 0.15) is 18.8 Å². The number of hydrogen-bond acceptors (Lipinski definition) is 2. The number of imidazole rings is 1. The van der Waals surface area contributed by atoms with Crippen LogP contribution in [0.3, 0.4) is 0 Å². The molecule has 20 heavy (non-hydrogen) atoms. The van der Waals surface area contributed by atoms with Crippen molar-refractivity contribution in [1.82, 2.24) is 14.9 Å². The Morgan fingerprint density at radius 3 is 2.50 bits per heavy atom. The monoisotopic (exact) mass is 503 g/mol. The van der Waals surface area contributed by atoms with Gasteiger partial charge in [-0.3, -0.25) is 4.90 Å². The molecule has 0 unspecified atom stereocenters. The van der Waals surface area contributed by atoms with E-state index in [1.165, 1.54) is 0 Å². The second-order valence-electron chi connectivity index (χ2n) is 6.34. The molecule has 0 radical (unpaired) electrons. The lowest BCUT2D eigenvalue weighted by Crippen LogP contribution is -2.55. The zero-order valence-electron chi connectivity index (χ0n) is 12.0. The van der Waals surface area contributed by atoms with Crippen LogP contribution in [-0.4, -0.2) is 32.1 Å². The maximum Gasteiger partial charge on any atom is 0.408 e. The van der Waals surface area contributed by atoms with Gasteiger partial charge in [-0.1, -0.05) is 20.8 Å². The summed E-state index contributed by atoms with van der Waals surface area (Å²) in [6, 6.07) is 0.00662. The van der Waals surface area contributed by atoms with Crippen LogP contribution in [0.5, 0.6) is 0 Å². The lowest BCUT2D eigenvalue weighted by molar-refractivity contribution is 0.00730. The number of carboxylic acid groups (broad SMARTS) is 1. The zero-order chi connectivity index (χ0) is 15.3. The minimum absolute atomic E-state index is 0.00662. The average Bonchev–Trinajstić information content (AvgIpc) is 2.80. The number of rotatable bonds is 1. The second-order valence-corrected chi connectivity index (χ2v) is 8.44. The zero-order valence-corrected chi connectivity index (χ0v) is 16.3. The predicted octanol–water partition coefficient (Wildman–Crippen LogP) is 4.02. The molecule has 1 aliphatic heterocycles. The smallest absolute Gasteiger partial charge is 0.408 e. The summed E-state index contributed by atoms with van der Waals surface area (Å²) in [6.45, 7) is 8.23. The summed E-state index contributed by atoms with van der Waals surface area (Å²) in [5.74, 6) is 0.769. The summed E-state index contributed by atoms with van der Waals surface area (Å²) in [5.41, 5.74) is -0.832. The van der Waals surface area contributed by atoms with Gasteiger partial charge in [-0.05, 0) is 70.4 Å². The first-order chi connectivity index (χ1) is 9.11. The third-order valence-corrected chi connectivity index (χ3v) is 6.83. The largest absolute Gasteiger partial charge is 0.465 e. The Kier molecular flexibility index (Phi) is 4.32. The molecule has 2 N–H and O–H groups in total. The summed E-state index contributed by atoms with van der Waals surface area (Å²) in [4.78, 5) is 21.3. The first-order valence-electron chi connectivity index (χ1n) is 6.55. The molecule has 0 spiro atoms. The molecular formula is C13H19I2N3O2. The highest BCUT2D eigenvalue weighted by molar-refractivity contribution is 14.1. The topological polar surface area (TPSA) is 69.2 Å². The lowest BCUT2D eigenvalue weighted by atomic mass is 9.71. The number of amides is 1. The van der Waals surface area contributed by atoms with Crippen molar-refractivity contribution in [2.24, 2.45) is 5.41 Å². The van der Waals surface area contributed by atoms with Gasteiger partial charge < -0.3 is 10.1 Å². The third-order valence-electron chi connectivity index (χ3n) is 4.23. The Morgan fingerprint density at radius 2 is 2.10 bits per heavy atom. The third kappa shape index (κ3) is 2.34. The highest BCUT2D eigenvalue weighted by Gasteiger charge is 2.57. The number of nitrogens with one attached hydrogen (secondary N) is 1. The molecular weight excluding hydrogens is 484 g/mol. The van der Waals surface area contributed by atoms with Crippen LogP contribution in [0.25, 0.3) is 0 Å². The fourth-order valence-electron chi connectivity index (χ4n) is 3.25. The minimum atomic E-state index is -0.869. The van der Waals surface area contributed by atoms with Crippen molar-refractivity contribution in [1.29, 1.82) is 0 Å². The van der Waals surface area contributed by atoms with E-state index in [1.54, 1.807) is 4.90 Å². The Labute approximate surface area is 146 Å². The summed E-state index contributed by atoms with van der Waals surface area (Å²) in [6.07, 6.45) is 0.785. The van der Waals surface area contributed by atoms with Gasteiger partial charge in [-0.2, -0.15) is 0 Å². The normalized spacial score (nSPS) is 27.1. The van der Waals surface area contributed by atoms with Crippen molar-refractivity contribution in [3.05, 3.63) is 13.2 Å². The van der Waals surface area contributed by atoms with Gasteiger partial charge in [0, 0.05) is 6.04 Å². The van der Waals surface area contributed by atoms with Crippen molar-refractivity contribution in [2.75, 3.05) is 0 Å². The van der Waals surface area contributed by atoms with E-state index in [2.05, 4.69) is 75.9 Å². The predicted molar refractivity (Wildman–Crippen MR) is 93.7 cm³/mol. The molecule has 1 amide bonds. The fourth-order valence-corrected chi connectivity index (χ4v) is 4.00. The molecule has 2 heterocycles. The molecule has 112 valence electrons. The van der Waals surface area contributed by atoms with E-state index >= 15 is 0 Å². The summed E-state index contributed by atoms with van der Waals surface area (Å²) >= 11 is 4.38. The molecule has 0 saturated carbocycles. The molecule has 2 rings (SSSR count). The number of hydrogen-bond donors (Lipinski definition) is 2. The number of nitrogens with zero attached hydrogens (tertiary/aromatic N) is 2. The van der Waals surface area contributed by atoms with Crippen LogP contribution in [0.15, 0.2) is 0 Å². The second kappa shape index (κ2) is 5.29. The van der Waals surface area contributed by atoms with Gasteiger partial charge >= 0.3 is 6.09 Å². The Hall–Kier alpha value is -0.0600. The van der Waals surface area contributed by atoms with E-state index < -0.39 is 11.6 Å². The molecule has 1 aromatic rings.